The molecule has 5 nitrogen and oxygen atoms in total. The Morgan fingerprint density at radius 2 is 2.17 bits per heavy atom. The van der Waals surface area contributed by atoms with Crippen LogP contribution in [-0.2, 0) is 4.79 Å². The Kier molecular flexibility index (Phi) is 5.38. The Morgan fingerprint density at radius 1 is 1.50 bits per heavy atom. The van der Waals surface area contributed by atoms with Crippen molar-refractivity contribution in [2.45, 2.75) is 18.2 Å². The van der Waals surface area contributed by atoms with Crippen molar-refractivity contribution in [3.05, 3.63) is 46.0 Å². The SMILES string of the molecule is CCC(=CCSc1ccccc1[N+](=O)[O-])C(=O)O. The fraction of sp³-hybridized carbons (Fsp3) is 0.250. The van der Waals surface area contributed by atoms with Crippen LogP contribution in [0.3, 0.4) is 0 Å². The zero-order chi connectivity index (χ0) is 13.5. The number of hydrogen-bond acceptors (Lipinski definition) is 4. The topological polar surface area (TPSA) is 80.4 Å². The number of hydrogen-bond donors (Lipinski definition) is 1. The highest BCUT2D eigenvalue weighted by Crippen LogP contribution is 2.28. The van der Waals surface area contributed by atoms with Crippen LogP contribution in [-0.4, -0.2) is 21.8 Å². The first-order chi connectivity index (χ1) is 8.56. The van der Waals surface area contributed by atoms with E-state index in [1.54, 1.807) is 31.2 Å². The van der Waals surface area contributed by atoms with Gasteiger partial charge in [0.25, 0.3) is 5.69 Å². The molecule has 0 heterocycles. The number of rotatable bonds is 6. The summed E-state index contributed by atoms with van der Waals surface area (Å²) in [6, 6.07) is 6.41. The number of para-hydroxylation sites is 1. The van der Waals surface area contributed by atoms with Crippen molar-refractivity contribution >= 4 is 23.4 Å². The van der Waals surface area contributed by atoms with Crippen molar-refractivity contribution in [2.24, 2.45) is 0 Å². The molecule has 0 atom stereocenters. The Hall–Kier alpha value is -1.82. The molecule has 1 aromatic rings. The normalized spacial score (nSPS) is 11.3. The van der Waals surface area contributed by atoms with Gasteiger partial charge in [-0.2, -0.15) is 0 Å². The van der Waals surface area contributed by atoms with E-state index in [4.69, 9.17) is 5.11 Å². The smallest absolute Gasteiger partial charge is 0.331 e. The van der Waals surface area contributed by atoms with Gasteiger partial charge in [-0.05, 0) is 12.5 Å². The van der Waals surface area contributed by atoms with Crippen molar-refractivity contribution < 1.29 is 14.8 Å². The molecule has 0 aliphatic heterocycles. The highest BCUT2D eigenvalue weighted by molar-refractivity contribution is 7.99. The molecule has 96 valence electrons. The number of carbonyl (C=O) groups is 1. The predicted molar refractivity (Wildman–Crippen MR) is 69.8 cm³/mol. The molecule has 0 fully saturated rings. The predicted octanol–water partition coefficient (Wildman–Crippen LogP) is 3.11. The van der Waals surface area contributed by atoms with Crippen LogP contribution in [0, 0.1) is 10.1 Å². The minimum absolute atomic E-state index is 0.0456. The second-order valence-corrected chi connectivity index (χ2v) is 4.49. The summed E-state index contributed by atoms with van der Waals surface area (Å²) < 4.78 is 0. The molecule has 0 unspecified atom stereocenters. The van der Waals surface area contributed by atoms with Gasteiger partial charge in [-0.3, -0.25) is 10.1 Å². The zero-order valence-corrected chi connectivity index (χ0v) is 10.6. The van der Waals surface area contributed by atoms with Gasteiger partial charge in [-0.25, -0.2) is 4.79 Å². The van der Waals surface area contributed by atoms with Gasteiger partial charge in [0.05, 0.1) is 9.82 Å². The van der Waals surface area contributed by atoms with E-state index in [0.717, 1.165) is 0 Å². The van der Waals surface area contributed by atoms with Gasteiger partial charge >= 0.3 is 5.97 Å². The largest absolute Gasteiger partial charge is 0.478 e. The van der Waals surface area contributed by atoms with Crippen molar-refractivity contribution in [1.29, 1.82) is 0 Å². The van der Waals surface area contributed by atoms with Crippen molar-refractivity contribution in [3.8, 4) is 0 Å². The molecule has 6 heteroatoms. The van der Waals surface area contributed by atoms with E-state index in [2.05, 4.69) is 0 Å². The lowest BCUT2D eigenvalue weighted by Gasteiger charge is -2.01. The molecule has 0 amide bonds. The maximum absolute atomic E-state index is 10.8. The number of nitrogens with zero attached hydrogens (tertiary/aromatic N) is 1. The molecule has 1 rings (SSSR count). The second-order valence-electron chi connectivity index (χ2n) is 3.42. The van der Waals surface area contributed by atoms with E-state index in [1.165, 1.54) is 17.8 Å². The number of thioether (sulfide) groups is 1. The molecular weight excluding hydrogens is 254 g/mol. The molecule has 0 aromatic heterocycles. The Labute approximate surface area is 109 Å². The van der Waals surface area contributed by atoms with Crippen molar-refractivity contribution in [2.75, 3.05) is 5.75 Å². The van der Waals surface area contributed by atoms with Crippen LogP contribution >= 0.6 is 11.8 Å². The number of carboxylic acid groups (broad SMARTS) is 1. The van der Waals surface area contributed by atoms with Crippen molar-refractivity contribution in [3.63, 3.8) is 0 Å². The molecule has 0 spiro atoms. The zero-order valence-electron chi connectivity index (χ0n) is 9.83. The lowest BCUT2D eigenvalue weighted by Crippen LogP contribution is -1.99. The van der Waals surface area contributed by atoms with E-state index in [1.807, 2.05) is 0 Å². The summed E-state index contributed by atoms with van der Waals surface area (Å²) in [7, 11) is 0. The average Bonchev–Trinajstić information content (AvgIpc) is 2.34. The monoisotopic (exact) mass is 267 g/mol. The number of benzene rings is 1. The first-order valence-corrected chi connectivity index (χ1v) is 6.33. The van der Waals surface area contributed by atoms with Crippen LogP contribution in [0.15, 0.2) is 40.8 Å². The summed E-state index contributed by atoms with van der Waals surface area (Å²) in [6.45, 7) is 1.76. The maximum atomic E-state index is 10.8. The number of aliphatic carboxylic acids is 1. The summed E-state index contributed by atoms with van der Waals surface area (Å²) in [5.74, 6) is -0.541. The van der Waals surface area contributed by atoms with E-state index >= 15 is 0 Å². The summed E-state index contributed by atoms with van der Waals surface area (Å²) in [5, 5.41) is 19.6. The highest BCUT2D eigenvalue weighted by atomic mass is 32.2. The van der Waals surface area contributed by atoms with Gasteiger partial charge in [-0.1, -0.05) is 25.1 Å². The Balaban J connectivity index is 2.75. The van der Waals surface area contributed by atoms with E-state index < -0.39 is 10.9 Å². The minimum atomic E-state index is -0.944. The van der Waals surface area contributed by atoms with Crippen LogP contribution in [0.1, 0.15) is 13.3 Å². The average molecular weight is 267 g/mol. The van der Waals surface area contributed by atoms with Gasteiger partial charge < -0.3 is 5.11 Å². The molecule has 0 bridgehead atoms. The molecule has 1 aromatic carbocycles. The summed E-state index contributed by atoms with van der Waals surface area (Å²) in [6.07, 6.45) is 2.02. The van der Waals surface area contributed by atoms with Crippen molar-refractivity contribution in [1.82, 2.24) is 0 Å². The standard InChI is InChI=1S/C12H13NO4S/c1-2-9(12(14)15)7-8-18-11-6-4-3-5-10(11)13(16)17/h3-7H,2,8H2,1H3,(H,14,15). The first-order valence-electron chi connectivity index (χ1n) is 5.34. The minimum Gasteiger partial charge on any atom is -0.478 e. The van der Waals surface area contributed by atoms with E-state index in [-0.39, 0.29) is 5.69 Å². The third-order valence-electron chi connectivity index (χ3n) is 2.29. The molecule has 18 heavy (non-hydrogen) atoms. The summed E-state index contributed by atoms with van der Waals surface area (Å²) in [5.41, 5.74) is 0.366. The Bertz CT molecular complexity index is 485. The first kappa shape index (κ1) is 14.2. The number of nitro groups is 1. The third kappa shape index (κ3) is 3.89. The molecule has 0 saturated carbocycles. The van der Waals surface area contributed by atoms with Crippen LogP contribution in [0.5, 0.6) is 0 Å². The van der Waals surface area contributed by atoms with Crippen LogP contribution in [0.4, 0.5) is 5.69 Å². The molecule has 1 N–H and O–H groups in total. The Morgan fingerprint density at radius 3 is 2.72 bits per heavy atom. The molecule has 0 aliphatic carbocycles. The maximum Gasteiger partial charge on any atom is 0.331 e. The number of carboxylic acids is 1. The summed E-state index contributed by atoms with van der Waals surface area (Å²) in [4.78, 5) is 21.6. The molecule has 0 aliphatic rings. The summed E-state index contributed by atoms with van der Waals surface area (Å²) >= 11 is 1.26. The lowest BCUT2D eigenvalue weighted by atomic mass is 10.2. The van der Waals surface area contributed by atoms with Crippen LogP contribution in [0.2, 0.25) is 0 Å². The fourth-order valence-electron chi connectivity index (χ4n) is 1.34. The van der Waals surface area contributed by atoms with Gasteiger partial charge in [-0.15, -0.1) is 11.8 Å². The lowest BCUT2D eigenvalue weighted by molar-refractivity contribution is -0.387. The van der Waals surface area contributed by atoms with Crippen LogP contribution < -0.4 is 0 Å². The van der Waals surface area contributed by atoms with Gasteiger partial charge in [0.1, 0.15) is 0 Å². The van der Waals surface area contributed by atoms with Gasteiger partial charge in [0.15, 0.2) is 0 Å². The highest BCUT2D eigenvalue weighted by Gasteiger charge is 2.12. The molecule has 0 radical (unpaired) electrons. The molecular formula is C12H13NO4S. The molecule has 0 saturated heterocycles. The quantitative estimate of drug-likeness (QED) is 0.370. The number of nitro benzene ring substituents is 1. The van der Waals surface area contributed by atoms with Crippen LogP contribution in [0.25, 0.3) is 0 Å². The van der Waals surface area contributed by atoms with Gasteiger partial charge in [0, 0.05) is 17.4 Å². The third-order valence-corrected chi connectivity index (χ3v) is 3.28. The fourth-order valence-corrected chi connectivity index (χ4v) is 2.27. The second kappa shape index (κ2) is 6.80. The van der Waals surface area contributed by atoms with Gasteiger partial charge in [0.2, 0.25) is 0 Å². The van der Waals surface area contributed by atoms with E-state index in [0.29, 0.717) is 22.6 Å². The van der Waals surface area contributed by atoms with E-state index in [9.17, 15) is 14.9 Å².